The number of ether oxygens (including phenoxy) is 1. The van der Waals surface area contributed by atoms with Crippen LogP contribution in [-0.2, 0) is 14.8 Å². The lowest BCUT2D eigenvalue weighted by Crippen LogP contribution is -2.47. The van der Waals surface area contributed by atoms with Crippen molar-refractivity contribution < 1.29 is 22.7 Å². The molecule has 2 heterocycles. The number of para-hydroxylation sites is 1. The number of methoxy groups -OCH3 is 1. The van der Waals surface area contributed by atoms with E-state index in [1.165, 1.54) is 34.3 Å². The van der Waals surface area contributed by atoms with Crippen LogP contribution in [0.3, 0.4) is 0 Å². The second kappa shape index (κ2) is 8.50. The first-order valence-corrected chi connectivity index (χ1v) is 11.7. The molecule has 8 nitrogen and oxygen atoms in total. The Morgan fingerprint density at radius 3 is 2.34 bits per heavy atom. The van der Waals surface area contributed by atoms with Crippen molar-refractivity contribution in [2.24, 2.45) is 0 Å². The lowest BCUT2D eigenvalue weighted by atomic mass is 10.1. The van der Waals surface area contributed by atoms with Crippen LogP contribution in [0.1, 0.15) is 26.3 Å². The molecule has 0 amide bonds. The summed E-state index contributed by atoms with van der Waals surface area (Å²) in [5, 5.41) is 0.589. The molecule has 32 heavy (non-hydrogen) atoms. The normalized spacial score (nSPS) is 15.7. The molecule has 0 unspecified atom stereocenters. The molecule has 0 bridgehead atoms. The summed E-state index contributed by atoms with van der Waals surface area (Å²) in [7, 11) is -0.484. The number of fused-ring (bicyclic) bond motifs is 1. The quantitative estimate of drug-likeness (QED) is 0.561. The number of nitrogens with zero attached hydrogens (tertiary/aromatic N) is 3. The van der Waals surface area contributed by atoms with E-state index in [2.05, 4.69) is 4.90 Å². The molecule has 0 N–H and O–H groups in total. The zero-order valence-corrected chi connectivity index (χ0v) is 19.1. The Labute approximate surface area is 187 Å². The fourth-order valence-corrected chi connectivity index (χ4v) is 5.37. The molecule has 1 aromatic heterocycles. The van der Waals surface area contributed by atoms with Crippen LogP contribution in [0.25, 0.3) is 10.9 Å². The second-order valence-electron chi connectivity index (χ2n) is 7.91. The van der Waals surface area contributed by atoms with Crippen molar-refractivity contribution in [1.82, 2.24) is 13.8 Å². The van der Waals surface area contributed by atoms with Crippen LogP contribution in [0.2, 0.25) is 0 Å². The standard InChI is InChI=1S/C23H25N3O5S/c1-16-8-9-17(32(29,30)25-12-10-24(2)11-13-25)14-19(16)22(27)26-15-20(23(28)31-3)18-6-4-5-7-21(18)26/h4-9,14-15H,10-13H2,1-3H3. The maximum atomic E-state index is 13.5. The van der Waals surface area contributed by atoms with Crippen LogP contribution in [0.15, 0.2) is 53.6 Å². The smallest absolute Gasteiger partial charge is 0.340 e. The molecule has 0 radical (unpaired) electrons. The Kier molecular flexibility index (Phi) is 5.89. The van der Waals surface area contributed by atoms with Crippen LogP contribution in [0, 0.1) is 6.92 Å². The first kappa shape index (κ1) is 22.2. The molecule has 3 aromatic rings. The first-order chi connectivity index (χ1) is 15.2. The molecule has 0 aliphatic carbocycles. The number of aromatic nitrogens is 1. The van der Waals surface area contributed by atoms with E-state index in [4.69, 9.17) is 4.74 Å². The highest BCUT2D eigenvalue weighted by molar-refractivity contribution is 7.89. The van der Waals surface area contributed by atoms with Crippen LogP contribution in [0.4, 0.5) is 0 Å². The molecule has 0 spiro atoms. The number of sulfonamides is 1. The molecule has 1 aliphatic heterocycles. The van der Waals surface area contributed by atoms with Gasteiger partial charge < -0.3 is 9.64 Å². The SMILES string of the molecule is COC(=O)c1cn(C(=O)c2cc(S(=O)(=O)N3CCN(C)CC3)ccc2C)c2ccccc12. The number of piperazine rings is 1. The monoisotopic (exact) mass is 455 g/mol. The third-order valence-corrected chi connectivity index (χ3v) is 7.77. The lowest BCUT2D eigenvalue weighted by molar-refractivity contribution is 0.0603. The van der Waals surface area contributed by atoms with Crippen LogP contribution < -0.4 is 0 Å². The van der Waals surface area contributed by atoms with E-state index in [0.29, 0.717) is 42.6 Å². The number of hydrogen-bond donors (Lipinski definition) is 0. The van der Waals surface area contributed by atoms with Gasteiger partial charge in [-0.3, -0.25) is 9.36 Å². The summed E-state index contributed by atoms with van der Waals surface area (Å²) in [6, 6.07) is 11.6. The minimum Gasteiger partial charge on any atom is -0.465 e. The van der Waals surface area contributed by atoms with Crippen molar-refractivity contribution in [3.8, 4) is 0 Å². The average Bonchev–Trinajstić information content (AvgIpc) is 3.18. The maximum absolute atomic E-state index is 13.5. The van der Waals surface area contributed by atoms with Gasteiger partial charge in [-0.1, -0.05) is 24.3 Å². The Morgan fingerprint density at radius 1 is 0.969 bits per heavy atom. The van der Waals surface area contributed by atoms with Crippen LogP contribution in [-0.4, -0.2) is 74.4 Å². The Morgan fingerprint density at radius 2 is 1.66 bits per heavy atom. The molecule has 0 saturated carbocycles. The number of likely N-dealkylation sites (N-methyl/N-ethyl adjacent to an activating group) is 1. The number of hydrogen-bond acceptors (Lipinski definition) is 6. The fraction of sp³-hybridized carbons (Fsp3) is 0.304. The van der Waals surface area contributed by atoms with Gasteiger partial charge in [0.1, 0.15) is 0 Å². The first-order valence-electron chi connectivity index (χ1n) is 10.3. The maximum Gasteiger partial charge on any atom is 0.340 e. The van der Waals surface area contributed by atoms with Crippen molar-refractivity contribution >= 4 is 32.8 Å². The number of carbonyl (C=O) groups excluding carboxylic acids is 2. The second-order valence-corrected chi connectivity index (χ2v) is 9.85. The highest BCUT2D eigenvalue weighted by atomic mass is 32.2. The Balaban J connectivity index is 1.77. The third kappa shape index (κ3) is 3.83. The van der Waals surface area contributed by atoms with E-state index in [-0.39, 0.29) is 16.0 Å². The number of carbonyl (C=O) groups is 2. The summed E-state index contributed by atoms with van der Waals surface area (Å²) in [6.07, 6.45) is 1.44. The van der Waals surface area contributed by atoms with E-state index in [1.54, 1.807) is 37.3 Å². The van der Waals surface area contributed by atoms with E-state index in [0.717, 1.165) is 0 Å². The topological polar surface area (TPSA) is 88.9 Å². The van der Waals surface area contributed by atoms with Gasteiger partial charge in [0.25, 0.3) is 5.91 Å². The van der Waals surface area contributed by atoms with Gasteiger partial charge in [0, 0.05) is 43.3 Å². The molecule has 0 atom stereocenters. The van der Waals surface area contributed by atoms with Crippen molar-refractivity contribution in [2.75, 3.05) is 40.3 Å². The molecule has 2 aromatic carbocycles. The molecule has 4 rings (SSSR count). The summed E-state index contributed by atoms with van der Waals surface area (Å²) in [6.45, 7) is 3.87. The predicted octanol–water partition coefficient (Wildman–Crippen LogP) is 2.36. The van der Waals surface area contributed by atoms with Crippen molar-refractivity contribution in [3.05, 3.63) is 65.4 Å². The summed E-state index contributed by atoms with van der Waals surface area (Å²) in [5.41, 5.74) is 1.72. The van der Waals surface area contributed by atoms with Gasteiger partial charge in [-0.2, -0.15) is 4.31 Å². The molecule has 1 fully saturated rings. The molecule has 168 valence electrons. The van der Waals surface area contributed by atoms with Gasteiger partial charge in [-0.05, 0) is 37.7 Å². The molecule has 1 saturated heterocycles. The van der Waals surface area contributed by atoms with E-state index in [1.807, 2.05) is 7.05 Å². The third-order valence-electron chi connectivity index (χ3n) is 5.88. The summed E-state index contributed by atoms with van der Waals surface area (Å²) >= 11 is 0. The average molecular weight is 456 g/mol. The summed E-state index contributed by atoms with van der Waals surface area (Å²) < 4.78 is 34.1. The molecular formula is C23H25N3O5S. The van der Waals surface area contributed by atoms with Crippen molar-refractivity contribution in [1.29, 1.82) is 0 Å². The predicted molar refractivity (Wildman–Crippen MR) is 120 cm³/mol. The Bertz CT molecular complexity index is 1300. The zero-order valence-electron chi connectivity index (χ0n) is 18.2. The molecule has 9 heteroatoms. The van der Waals surface area contributed by atoms with Gasteiger partial charge >= 0.3 is 5.97 Å². The molecular weight excluding hydrogens is 430 g/mol. The van der Waals surface area contributed by atoms with Gasteiger partial charge in [0.15, 0.2) is 0 Å². The van der Waals surface area contributed by atoms with E-state index < -0.39 is 21.9 Å². The summed E-state index contributed by atoms with van der Waals surface area (Å²) in [5.74, 6) is -0.958. The van der Waals surface area contributed by atoms with Gasteiger partial charge in [0.2, 0.25) is 10.0 Å². The van der Waals surface area contributed by atoms with Crippen molar-refractivity contribution in [3.63, 3.8) is 0 Å². The number of benzene rings is 2. The van der Waals surface area contributed by atoms with Gasteiger partial charge in [-0.15, -0.1) is 0 Å². The minimum absolute atomic E-state index is 0.0839. The number of aryl methyl sites for hydroxylation is 1. The van der Waals surface area contributed by atoms with Crippen LogP contribution >= 0.6 is 0 Å². The zero-order chi connectivity index (χ0) is 23.0. The number of esters is 1. The highest BCUT2D eigenvalue weighted by Crippen LogP contribution is 2.26. The van der Waals surface area contributed by atoms with E-state index in [9.17, 15) is 18.0 Å². The molecule has 1 aliphatic rings. The Hall–Kier alpha value is -3.01. The number of rotatable bonds is 4. The minimum atomic E-state index is -3.72. The fourth-order valence-electron chi connectivity index (χ4n) is 3.92. The van der Waals surface area contributed by atoms with Gasteiger partial charge in [0.05, 0.1) is 23.1 Å². The van der Waals surface area contributed by atoms with Crippen LogP contribution in [0.5, 0.6) is 0 Å². The lowest BCUT2D eigenvalue weighted by Gasteiger charge is -2.31. The van der Waals surface area contributed by atoms with E-state index >= 15 is 0 Å². The largest absolute Gasteiger partial charge is 0.465 e. The highest BCUT2D eigenvalue weighted by Gasteiger charge is 2.29. The summed E-state index contributed by atoms with van der Waals surface area (Å²) in [4.78, 5) is 27.9. The van der Waals surface area contributed by atoms with Crippen molar-refractivity contribution in [2.45, 2.75) is 11.8 Å². The van der Waals surface area contributed by atoms with Gasteiger partial charge in [-0.25, -0.2) is 13.2 Å².